The molecule has 6 nitrogen and oxygen atoms in total. The van der Waals surface area contributed by atoms with Crippen molar-refractivity contribution in [2.45, 2.75) is 4.90 Å². The van der Waals surface area contributed by atoms with Crippen molar-refractivity contribution in [1.82, 2.24) is 0 Å². The van der Waals surface area contributed by atoms with E-state index in [9.17, 15) is 12.8 Å². The van der Waals surface area contributed by atoms with Crippen LogP contribution < -0.4 is 20.1 Å². The van der Waals surface area contributed by atoms with Gasteiger partial charge in [-0.25, -0.2) is 12.8 Å². The number of ether oxygens (including phenoxy) is 1. The van der Waals surface area contributed by atoms with E-state index in [0.29, 0.717) is 11.4 Å². The summed E-state index contributed by atoms with van der Waals surface area (Å²) in [5.41, 5.74) is 0.814. The summed E-state index contributed by atoms with van der Waals surface area (Å²) in [6.07, 6.45) is 0. The number of para-hydroxylation sites is 3. The fraction of sp³-hybridized carbons (Fsp3) is 0.0500. The average Bonchev–Trinajstić information content (AvgIpc) is 2.71. The Hall–Kier alpha value is -2.88. The normalized spacial score (nSPS) is 10.9. The number of nitrogens with one attached hydrogen (secondary N) is 3. The zero-order chi connectivity index (χ0) is 21.7. The summed E-state index contributed by atoms with van der Waals surface area (Å²) >= 11 is 11.3. The molecule has 0 fully saturated rings. The first kappa shape index (κ1) is 21.8. The predicted molar refractivity (Wildman–Crippen MR) is 121 cm³/mol. The van der Waals surface area contributed by atoms with Crippen molar-refractivity contribution in [2.75, 3.05) is 22.5 Å². The van der Waals surface area contributed by atoms with Crippen LogP contribution in [0.4, 0.5) is 21.5 Å². The molecule has 0 heterocycles. The molecule has 0 atom stereocenters. The third-order valence-corrected chi connectivity index (χ3v) is 6.00. The Morgan fingerprint density at radius 3 is 2.37 bits per heavy atom. The molecule has 0 saturated carbocycles. The smallest absolute Gasteiger partial charge is 0.263 e. The summed E-state index contributed by atoms with van der Waals surface area (Å²) in [5, 5.41) is 5.65. The fourth-order valence-corrected chi connectivity index (χ4v) is 4.39. The lowest BCUT2D eigenvalue weighted by Gasteiger charge is -2.15. The van der Waals surface area contributed by atoms with Crippen molar-refractivity contribution in [2.24, 2.45) is 0 Å². The number of anilines is 3. The Morgan fingerprint density at radius 2 is 1.67 bits per heavy atom. The van der Waals surface area contributed by atoms with Crippen molar-refractivity contribution in [3.8, 4) is 5.75 Å². The van der Waals surface area contributed by atoms with E-state index in [-0.39, 0.29) is 26.4 Å². The highest BCUT2D eigenvalue weighted by Crippen LogP contribution is 2.30. The molecule has 0 amide bonds. The molecule has 0 aromatic heterocycles. The molecule has 30 heavy (non-hydrogen) atoms. The van der Waals surface area contributed by atoms with Gasteiger partial charge in [0.2, 0.25) is 0 Å². The summed E-state index contributed by atoms with van der Waals surface area (Å²) in [6, 6.07) is 16.9. The van der Waals surface area contributed by atoms with E-state index in [2.05, 4.69) is 15.4 Å². The van der Waals surface area contributed by atoms with E-state index in [4.69, 9.17) is 28.6 Å². The lowest BCUT2D eigenvalue weighted by Crippen LogP contribution is -2.20. The summed E-state index contributed by atoms with van der Waals surface area (Å²) in [7, 11) is -2.59. The molecule has 0 bridgehead atoms. The molecule has 0 saturated heterocycles. The first-order valence-corrected chi connectivity index (χ1v) is 10.8. The number of sulfonamides is 1. The average molecular weight is 466 g/mol. The van der Waals surface area contributed by atoms with Gasteiger partial charge in [-0.1, -0.05) is 35.9 Å². The molecule has 0 aliphatic rings. The molecule has 3 N–H and O–H groups in total. The van der Waals surface area contributed by atoms with Crippen LogP contribution in [0.25, 0.3) is 0 Å². The molecule has 0 aliphatic heterocycles. The van der Waals surface area contributed by atoms with Gasteiger partial charge in [-0.2, -0.15) is 0 Å². The maximum atomic E-state index is 13.8. The van der Waals surface area contributed by atoms with Gasteiger partial charge in [0.25, 0.3) is 10.0 Å². The summed E-state index contributed by atoms with van der Waals surface area (Å²) in [6.45, 7) is 0. The number of halogens is 2. The maximum Gasteiger partial charge on any atom is 0.263 e. The van der Waals surface area contributed by atoms with E-state index < -0.39 is 15.8 Å². The fourth-order valence-electron chi connectivity index (χ4n) is 2.56. The van der Waals surface area contributed by atoms with Crippen LogP contribution >= 0.6 is 23.8 Å². The van der Waals surface area contributed by atoms with Gasteiger partial charge in [-0.15, -0.1) is 0 Å². The third-order valence-electron chi connectivity index (χ3n) is 3.95. The Bertz CT molecular complexity index is 1190. The third kappa shape index (κ3) is 5.18. The molecular formula is C20H17ClFN3O3S2. The van der Waals surface area contributed by atoms with Crippen molar-refractivity contribution < 1.29 is 17.5 Å². The number of rotatable bonds is 6. The van der Waals surface area contributed by atoms with Gasteiger partial charge in [0.1, 0.15) is 16.5 Å². The summed E-state index contributed by atoms with van der Waals surface area (Å²) in [4.78, 5) is -0.159. The molecule has 10 heteroatoms. The van der Waals surface area contributed by atoms with Crippen LogP contribution in [0.3, 0.4) is 0 Å². The van der Waals surface area contributed by atoms with Gasteiger partial charge < -0.3 is 15.4 Å². The minimum atomic E-state index is -4.03. The first-order chi connectivity index (χ1) is 14.3. The SMILES string of the molecule is COc1ccccc1NS(=O)(=O)c1cc(NC(=S)Nc2ccccc2F)ccc1Cl. The molecule has 3 rings (SSSR count). The van der Waals surface area contributed by atoms with Gasteiger partial charge in [-0.05, 0) is 54.7 Å². The highest BCUT2D eigenvalue weighted by atomic mass is 35.5. The summed E-state index contributed by atoms with van der Waals surface area (Å²) in [5.74, 6) is -0.108. The maximum absolute atomic E-state index is 13.8. The van der Waals surface area contributed by atoms with E-state index in [1.165, 1.54) is 31.4 Å². The Balaban J connectivity index is 1.82. The molecule has 3 aromatic rings. The Kier molecular flexibility index (Phi) is 6.76. The standard InChI is InChI=1S/C20H17ClFN3O3S2/c1-28-18-9-5-4-8-17(18)25-30(26,27)19-12-13(10-11-14(19)21)23-20(29)24-16-7-3-2-6-15(16)22/h2-12,25H,1H3,(H2,23,24,29). The second-order valence-corrected chi connectivity index (χ2v) is 8.48. The van der Waals surface area contributed by atoms with Crippen molar-refractivity contribution in [1.29, 1.82) is 0 Å². The van der Waals surface area contributed by atoms with Gasteiger partial charge in [0.15, 0.2) is 5.11 Å². The number of methoxy groups -OCH3 is 1. The van der Waals surface area contributed by atoms with Gasteiger partial charge >= 0.3 is 0 Å². The van der Waals surface area contributed by atoms with Crippen LogP contribution in [-0.2, 0) is 10.0 Å². The number of hydrogen-bond acceptors (Lipinski definition) is 4. The van der Waals surface area contributed by atoms with Gasteiger partial charge in [0.05, 0.1) is 23.5 Å². The highest BCUT2D eigenvalue weighted by Gasteiger charge is 2.20. The predicted octanol–water partition coefficient (Wildman–Crippen LogP) is 5.10. The van der Waals surface area contributed by atoms with Crippen LogP contribution in [0.5, 0.6) is 5.75 Å². The van der Waals surface area contributed by atoms with E-state index >= 15 is 0 Å². The van der Waals surface area contributed by atoms with Gasteiger partial charge in [0, 0.05) is 5.69 Å². The van der Waals surface area contributed by atoms with Crippen molar-refractivity contribution in [3.05, 3.63) is 77.6 Å². The Labute approximate surface area is 184 Å². The van der Waals surface area contributed by atoms with Crippen LogP contribution in [0.1, 0.15) is 0 Å². The minimum absolute atomic E-state index is 0.0240. The quantitative estimate of drug-likeness (QED) is 0.440. The van der Waals surface area contributed by atoms with Crippen LogP contribution in [0.2, 0.25) is 5.02 Å². The topological polar surface area (TPSA) is 79.5 Å². The van der Waals surface area contributed by atoms with Crippen molar-refractivity contribution >= 4 is 56.0 Å². The van der Waals surface area contributed by atoms with E-state index in [0.717, 1.165) is 0 Å². The zero-order valence-electron chi connectivity index (χ0n) is 15.6. The van der Waals surface area contributed by atoms with E-state index in [1.54, 1.807) is 42.5 Å². The largest absolute Gasteiger partial charge is 0.495 e. The second-order valence-electron chi connectivity index (χ2n) is 6.01. The van der Waals surface area contributed by atoms with Gasteiger partial charge in [-0.3, -0.25) is 4.72 Å². The van der Waals surface area contributed by atoms with Crippen LogP contribution in [-0.4, -0.2) is 20.6 Å². The monoisotopic (exact) mass is 465 g/mol. The lowest BCUT2D eigenvalue weighted by atomic mass is 10.3. The zero-order valence-corrected chi connectivity index (χ0v) is 18.0. The molecule has 0 spiro atoms. The lowest BCUT2D eigenvalue weighted by molar-refractivity contribution is 0.417. The van der Waals surface area contributed by atoms with Crippen molar-refractivity contribution in [3.63, 3.8) is 0 Å². The molecular weight excluding hydrogens is 449 g/mol. The van der Waals surface area contributed by atoms with Crippen LogP contribution in [0.15, 0.2) is 71.6 Å². The molecule has 0 aliphatic carbocycles. The Morgan fingerprint density at radius 1 is 1.00 bits per heavy atom. The number of thiocarbonyl (C=S) groups is 1. The molecule has 0 radical (unpaired) electrons. The first-order valence-electron chi connectivity index (χ1n) is 8.58. The van der Waals surface area contributed by atoms with E-state index in [1.807, 2.05) is 0 Å². The highest BCUT2D eigenvalue weighted by molar-refractivity contribution is 7.92. The molecule has 3 aromatic carbocycles. The molecule has 0 unspecified atom stereocenters. The number of benzene rings is 3. The second kappa shape index (κ2) is 9.29. The molecule has 156 valence electrons. The summed E-state index contributed by atoms with van der Waals surface area (Å²) < 4.78 is 47.2. The van der Waals surface area contributed by atoms with Crippen LogP contribution in [0, 0.1) is 5.82 Å². The number of hydrogen-bond donors (Lipinski definition) is 3. The minimum Gasteiger partial charge on any atom is -0.495 e.